The van der Waals surface area contributed by atoms with Crippen LogP contribution in [-0.2, 0) is 6.61 Å². The molecule has 31 heavy (non-hydrogen) atoms. The number of aliphatic hydroxyl groups excluding tert-OH is 1. The Bertz CT molecular complexity index is 600. The second-order valence-electron chi connectivity index (χ2n) is 8.73. The van der Waals surface area contributed by atoms with Gasteiger partial charge in [-0.1, -0.05) is 95.4 Å². The molecule has 1 aromatic heterocycles. The van der Waals surface area contributed by atoms with Crippen molar-refractivity contribution in [2.24, 2.45) is 0 Å². The van der Waals surface area contributed by atoms with Crippen LogP contribution in [-0.4, -0.2) is 15.9 Å². The van der Waals surface area contributed by atoms with Crippen LogP contribution in [0.25, 0.3) is 0 Å². The van der Waals surface area contributed by atoms with E-state index in [1.807, 2.05) is 0 Å². The zero-order chi connectivity index (χ0) is 22.4. The Morgan fingerprint density at radius 2 is 1.32 bits per heavy atom. The van der Waals surface area contributed by atoms with E-state index in [2.05, 4.69) is 36.2 Å². The predicted molar refractivity (Wildman–Crippen MR) is 133 cm³/mol. The molecule has 0 aromatic carbocycles. The first kappa shape index (κ1) is 27.4. The molecule has 0 bridgehead atoms. The van der Waals surface area contributed by atoms with Crippen LogP contribution in [0.15, 0.2) is 36.4 Å². The summed E-state index contributed by atoms with van der Waals surface area (Å²) >= 11 is 0. The van der Waals surface area contributed by atoms with E-state index in [1.165, 1.54) is 83.5 Å². The third kappa shape index (κ3) is 15.8. The maximum Gasteiger partial charge on any atom is 0.179 e. The molecule has 1 aromatic rings. The van der Waals surface area contributed by atoms with Crippen LogP contribution in [0.2, 0.25) is 0 Å². The van der Waals surface area contributed by atoms with Crippen LogP contribution in [0.5, 0.6) is 0 Å². The summed E-state index contributed by atoms with van der Waals surface area (Å²) in [6.07, 6.45) is 30.2. The Morgan fingerprint density at radius 3 is 1.87 bits per heavy atom. The normalized spacial score (nSPS) is 11.8. The number of Topliss-reactive ketones (excluding diaryl/α,β-unsaturated/α-hetero) is 1. The lowest BCUT2D eigenvalue weighted by atomic mass is 10.0. The van der Waals surface area contributed by atoms with E-state index in [1.54, 1.807) is 12.1 Å². The number of ketones is 1. The first-order valence-corrected chi connectivity index (χ1v) is 12.9. The number of allylic oxidation sites excluding steroid dienone is 4. The van der Waals surface area contributed by atoms with Gasteiger partial charge in [0.2, 0.25) is 0 Å². The number of aliphatic hydroxyl groups is 1. The van der Waals surface area contributed by atoms with Crippen LogP contribution in [0.1, 0.15) is 132 Å². The van der Waals surface area contributed by atoms with E-state index in [-0.39, 0.29) is 12.4 Å². The molecule has 1 heterocycles. The number of rotatable bonds is 21. The molecule has 0 fully saturated rings. The van der Waals surface area contributed by atoms with Crippen LogP contribution >= 0.6 is 0 Å². The van der Waals surface area contributed by atoms with E-state index < -0.39 is 0 Å². The Labute approximate surface area is 191 Å². The lowest BCUT2D eigenvalue weighted by Gasteiger charge is -2.02. The standard InChI is InChI=1S/C28H47NO2/c1-2-3-4-5-6-7-8-9-10-11-12-13-14-15-16-17-18-19-20-21-22-28(31)27-24-23-26(25-30)29-27/h6-7,9-10,23-24,29-30H,2-5,8,11-22,25H2,1H3/b7-6-,10-9-. The van der Waals surface area contributed by atoms with Crippen LogP contribution in [0, 0.1) is 0 Å². The highest BCUT2D eigenvalue weighted by molar-refractivity contribution is 5.94. The molecule has 0 amide bonds. The summed E-state index contributed by atoms with van der Waals surface area (Å²) in [5.41, 5.74) is 1.34. The number of carbonyl (C=O) groups excluding carboxylic acids is 1. The highest BCUT2D eigenvalue weighted by Crippen LogP contribution is 2.14. The van der Waals surface area contributed by atoms with Crippen molar-refractivity contribution in [3.8, 4) is 0 Å². The van der Waals surface area contributed by atoms with Gasteiger partial charge in [-0.05, 0) is 50.7 Å². The van der Waals surface area contributed by atoms with Gasteiger partial charge in [-0.2, -0.15) is 0 Å². The van der Waals surface area contributed by atoms with E-state index >= 15 is 0 Å². The first-order valence-electron chi connectivity index (χ1n) is 12.9. The topological polar surface area (TPSA) is 53.1 Å². The van der Waals surface area contributed by atoms with Gasteiger partial charge in [-0.25, -0.2) is 0 Å². The average Bonchev–Trinajstić information content (AvgIpc) is 3.27. The lowest BCUT2D eigenvalue weighted by molar-refractivity contribution is 0.0974. The molecule has 0 atom stereocenters. The minimum Gasteiger partial charge on any atom is -0.390 e. The van der Waals surface area contributed by atoms with E-state index in [0.29, 0.717) is 17.8 Å². The smallest absolute Gasteiger partial charge is 0.179 e. The predicted octanol–water partition coefficient (Wildman–Crippen LogP) is 8.45. The van der Waals surface area contributed by atoms with Gasteiger partial charge in [0.15, 0.2) is 5.78 Å². The summed E-state index contributed by atoms with van der Waals surface area (Å²) in [7, 11) is 0. The molecule has 1 rings (SSSR count). The van der Waals surface area contributed by atoms with E-state index in [4.69, 9.17) is 5.11 Å². The molecule has 0 saturated heterocycles. The van der Waals surface area contributed by atoms with Gasteiger partial charge in [0.05, 0.1) is 12.3 Å². The maximum atomic E-state index is 12.0. The summed E-state index contributed by atoms with van der Waals surface area (Å²) in [5, 5.41) is 9.04. The molecule has 3 nitrogen and oxygen atoms in total. The van der Waals surface area contributed by atoms with Crippen LogP contribution in [0.3, 0.4) is 0 Å². The molecular formula is C28H47NO2. The van der Waals surface area contributed by atoms with Crippen LogP contribution < -0.4 is 0 Å². The monoisotopic (exact) mass is 429 g/mol. The molecule has 2 N–H and O–H groups in total. The van der Waals surface area contributed by atoms with Crippen molar-refractivity contribution >= 4 is 5.78 Å². The van der Waals surface area contributed by atoms with Gasteiger partial charge in [-0.15, -0.1) is 0 Å². The van der Waals surface area contributed by atoms with E-state index in [0.717, 1.165) is 19.3 Å². The molecule has 0 aliphatic rings. The zero-order valence-corrected chi connectivity index (χ0v) is 20.0. The Morgan fingerprint density at radius 1 is 0.774 bits per heavy atom. The van der Waals surface area contributed by atoms with E-state index in [9.17, 15) is 4.79 Å². The van der Waals surface area contributed by atoms with Crippen molar-refractivity contribution in [1.82, 2.24) is 4.98 Å². The molecule has 0 aliphatic heterocycles. The number of hydrogen-bond acceptors (Lipinski definition) is 2. The molecule has 0 saturated carbocycles. The van der Waals surface area contributed by atoms with Crippen molar-refractivity contribution in [3.63, 3.8) is 0 Å². The van der Waals surface area contributed by atoms with Crippen molar-refractivity contribution in [2.45, 2.75) is 123 Å². The molecule has 0 radical (unpaired) electrons. The number of unbranched alkanes of at least 4 members (excludes halogenated alkanes) is 13. The lowest BCUT2D eigenvalue weighted by Crippen LogP contribution is -1.99. The maximum absolute atomic E-state index is 12.0. The minimum atomic E-state index is -0.0402. The fraction of sp³-hybridized carbons (Fsp3) is 0.679. The second kappa shape index (κ2) is 20.3. The van der Waals surface area contributed by atoms with Gasteiger partial charge in [-0.3, -0.25) is 4.79 Å². The molecule has 3 heteroatoms. The number of nitrogens with one attached hydrogen (secondary N) is 1. The summed E-state index contributed by atoms with van der Waals surface area (Å²) in [5.74, 6) is 0.161. The quantitative estimate of drug-likeness (QED) is 0.117. The van der Waals surface area contributed by atoms with Gasteiger partial charge >= 0.3 is 0 Å². The minimum absolute atomic E-state index is 0.0402. The summed E-state index contributed by atoms with van der Waals surface area (Å²) < 4.78 is 0. The third-order valence-corrected chi connectivity index (χ3v) is 5.82. The largest absolute Gasteiger partial charge is 0.390 e. The van der Waals surface area contributed by atoms with Gasteiger partial charge < -0.3 is 10.1 Å². The second-order valence-corrected chi connectivity index (χ2v) is 8.73. The zero-order valence-electron chi connectivity index (χ0n) is 20.0. The molecular weight excluding hydrogens is 382 g/mol. The fourth-order valence-corrected chi connectivity index (χ4v) is 3.81. The Hall–Kier alpha value is -1.61. The van der Waals surface area contributed by atoms with Gasteiger partial charge in [0.1, 0.15) is 0 Å². The summed E-state index contributed by atoms with van der Waals surface area (Å²) in [6.45, 7) is 2.21. The first-order chi connectivity index (χ1) is 15.3. The van der Waals surface area contributed by atoms with Crippen molar-refractivity contribution in [1.29, 1.82) is 0 Å². The Balaban J connectivity index is 1.80. The highest BCUT2D eigenvalue weighted by Gasteiger charge is 2.07. The molecule has 0 spiro atoms. The average molecular weight is 430 g/mol. The third-order valence-electron chi connectivity index (χ3n) is 5.82. The van der Waals surface area contributed by atoms with Crippen molar-refractivity contribution < 1.29 is 9.90 Å². The number of H-pyrrole nitrogens is 1. The molecule has 0 aliphatic carbocycles. The van der Waals surface area contributed by atoms with Crippen molar-refractivity contribution in [2.75, 3.05) is 0 Å². The fourth-order valence-electron chi connectivity index (χ4n) is 3.81. The summed E-state index contributed by atoms with van der Waals surface area (Å²) in [6, 6.07) is 3.55. The SMILES string of the molecule is CCCCC/C=C\C/C=C\CCCCCCCCCCCCC(=O)c1ccc(CO)[nH]1. The number of aromatic amines is 1. The van der Waals surface area contributed by atoms with Crippen LogP contribution in [0.4, 0.5) is 0 Å². The van der Waals surface area contributed by atoms with Gasteiger partial charge in [0.25, 0.3) is 0 Å². The molecule has 176 valence electrons. The highest BCUT2D eigenvalue weighted by atomic mass is 16.3. The van der Waals surface area contributed by atoms with Gasteiger partial charge in [0, 0.05) is 12.1 Å². The number of aromatic nitrogens is 1. The summed E-state index contributed by atoms with van der Waals surface area (Å²) in [4.78, 5) is 15.0. The Kier molecular flexibility index (Phi) is 18.0. The number of hydrogen-bond donors (Lipinski definition) is 2. The molecule has 0 unspecified atom stereocenters. The van der Waals surface area contributed by atoms with Crippen molar-refractivity contribution in [3.05, 3.63) is 47.8 Å². The number of carbonyl (C=O) groups is 1.